The standard InChI is InChI=1S/C19H23ClN2O2/c1-4-24-18-11-5-15(6-12-18)13-22(3)14(2)19(23)21-17-9-7-16(20)8-10-17/h5-12,14H,4,13H2,1-3H3,(H,21,23)/t14-/m0/s1. The van der Waals surface area contributed by atoms with Gasteiger partial charge in [-0.25, -0.2) is 0 Å². The van der Waals surface area contributed by atoms with Crippen LogP contribution in [0.5, 0.6) is 5.75 Å². The fourth-order valence-electron chi connectivity index (χ4n) is 2.26. The first-order valence-corrected chi connectivity index (χ1v) is 8.35. The van der Waals surface area contributed by atoms with Crippen molar-refractivity contribution in [3.8, 4) is 5.75 Å². The van der Waals surface area contributed by atoms with E-state index in [0.29, 0.717) is 18.2 Å². The molecule has 0 radical (unpaired) electrons. The molecule has 2 rings (SSSR count). The van der Waals surface area contributed by atoms with Crippen LogP contribution in [0.2, 0.25) is 5.02 Å². The summed E-state index contributed by atoms with van der Waals surface area (Å²) in [4.78, 5) is 14.4. The van der Waals surface area contributed by atoms with Gasteiger partial charge in [0.2, 0.25) is 5.91 Å². The van der Waals surface area contributed by atoms with Crippen LogP contribution in [-0.4, -0.2) is 30.5 Å². The number of anilines is 1. The van der Waals surface area contributed by atoms with Crippen LogP contribution in [0.1, 0.15) is 19.4 Å². The van der Waals surface area contributed by atoms with Gasteiger partial charge in [-0.2, -0.15) is 0 Å². The van der Waals surface area contributed by atoms with Gasteiger partial charge in [0.25, 0.3) is 0 Å². The van der Waals surface area contributed by atoms with E-state index < -0.39 is 0 Å². The second kappa shape index (κ2) is 8.71. The molecule has 0 bridgehead atoms. The molecule has 128 valence electrons. The van der Waals surface area contributed by atoms with Gasteiger partial charge >= 0.3 is 0 Å². The first-order valence-electron chi connectivity index (χ1n) is 7.98. The van der Waals surface area contributed by atoms with Crippen molar-refractivity contribution < 1.29 is 9.53 Å². The van der Waals surface area contributed by atoms with Crippen molar-refractivity contribution in [3.05, 3.63) is 59.1 Å². The highest BCUT2D eigenvalue weighted by molar-refractivity contribution is 6.30. The Labute approximate surface area is 148 Å². The SMILES string of the molecule is CCOc1ccc(CN(C)[C@@H](C)C(=O)Nc2ccc(Cl)cc2)cc1. The fraction of sp³-hybridized carbons (Fsp3) is 0.316. The zero-order chi connectivity index (χ0) is 17.5. The molecular formula is C19H23ClN2O2. The number of nitrogens with zero attached hydrogens (tertiary/aromatic N) is 1. The van der Waals surface area contributed by atoms with Gasteiger partial charge in [-0.1, -0.05) is 23.7 Å². The van der Waals surface area contributed by atoms with Crippen LogP contribution in [0.15, 0.2) is 48.5 Å². The number of amides is 1. The molecule has 0 aliphatic heterocycles. The minimum absolute atomic E-state index is 0.0502. The molecule has 2 aromatic rings. The number of hydrogen-bond acceptors (Lipinski definition) is 3. The zero-order valence-corrected chi connectivity index (χ0v) is 15.0. The lowest BCUT2D eigenvalue weighted by molar-refractivity contribution is -0.120. The summed E-state index contributed by atoms with van der Waals surface area (Å²) in [6.45, 7) is 5.19. The van der Waals surface area contributed by atoms with E-state index in [1.54, 1.807) is 24.3 Å². The average molecular weight is 347 g/mol. The summed E-state index contributed by atoms with van der Waals surface area (Å²) in [5.74, 6) is 0.809. The molecule has 0 saturated heterocycles. The maximum absolute atomic E-state index is 12.4. The van der Waals surface area contributed by atoms with Gasteiger partial charge in [-0.05, 0) is 62.9 Å². The van der Waals surface area contributed by atoms with Crippen molar-refractivity contribution in [2.45, 2.75) is 26.4 Å². The van der Waals surface area contributed by atoms with Crippen molar-refractivity contribution in [2.75, 3.05) is 19.0 Å². The molecule has 0 aliphatic carbocycles. The van der Waals surface area contributed by atoms with Crippen molar-refractivity contribution in [2.24, 2.45) is 0 Å². The minimum Gasteiger partial charge on any atom is -0.494 e. The molecule has 0 unspecified atom stereocenters. The number of ether oxygens (including phenoxy) is 1. The summed E-state index contributed by atoms with van der Waals surface area (Å²) in [6.07, 6.45) is 0. The monoisotopic (exact) mass is 346 g/mol. The van der Waals surface area contributed by atoms with E-state index >= 15 is 0 Å². The number of halogens is 1. The summed E-state index contributed by atoms with van der Waals surface area (Å²) >= 11 is 5.85. The second-order valence-electron chi connectivity index (χ2n) is 5.66. The van der Waals surface area contributed by atoms with Gasteiger partial charge < -0.3 is 10.1 Å². The first-order chi connectivity index (χ1) is 11.5. The van der Waals surface area contributed by atoms with Gasteiger partial charge in [-0.3, -0.25) is 9.69 Å². The van der Waals surface area contributed by atoms with Gasteiger partial charge in [0.05, 0.1) is 12.6 Å². The van der Waals surface area contributed by atoms with Crippen molar-refractivity contribution in [1.82, 2.24) is 4.90 Å². The van der Waals surface area contributed by atoms with Crippen molar-refractivity contribution in [1.29, 1.82) is 0 Å². The highest BCUT2D eigenvalue weighted by Crippen LogP contribution is 2.16. The molecule has 1 N–H and O–H groups in total. The molecule has 0 heterocycles. The lowest BCUT2D eigenvalue weighted by atomic mass is 10.1. The predicted molar refractivity (Wildman–Crippen MR) is 98.6 cm³/mol. The summed E-state index contributed by atoms with van der Waals surface area (Å²) in [6, 6.07) is 14.8. The molecule has 4 nitrogen and oxygen atoms in total. The van der Waals surface area contributed by atoms with Gasteiger partial charge in [0.1, 0.15) is 5.75 Å². The number of carbonyl (C=O) groups excluding carboxylic acids is 1. The molecule has 2 aromatic carbocycles. The number of nitrogens with one attached hydrogen (secondary N) is 1. The van der Waals surface area contributed by atoms with Gasteiger partial charge in [-0.15, -0.1) is 0 Å². The van der Waals surface area contributed by atoms with Crippen LogP contribution in [0.3, 0.4) is 0 Å². The van der Waals surface area contributed by atoms with Crippen LogP contribution in [0, 0.1) is 0 Å². The quantitative estimate of drug-likeness (QED) is 0.817. The Hall–Kier alpha value is -2.04. The van der Waals surface area contributed by atoms with Crippen LogP contribution in [0.4, 0.5) is 5.69 Å². The number of likely N-dealkylation sites (N-methyl/N-ethyl adjacent to an activating group) is 1. The van der Waals surface area contributed by atoms with E-state index in [1.807, 2.05) is 50.1 Å². The minimum atomic E-state index is -0.257. The van der Waals surface area contributed by atoms with Gasteiger partial charge in [0, 0.05) is 17.3 Å². The third kappa shape index (κ3) is 5.25. The highest BCUT2D eigenvalue weighted by atomic mass is 35.5. The van der Waals surface area contributed by atoms with Gasteiger partial charge in [0.15, 0.2) is 0 Å². The van der Waals surface area contributed by atoms with E-state index in [9.17, 15) is 4.79 Å². The number of rotatable bonds is 7. The van der Waals surface area contributed by atoms with Crippen LogP contribution in [0.25, 0.3) is 0 Å². The molecule has 1 amide bonds. The summed E-state index contributed by atoms with van der Waals surface area (Å²) in [5.41, 5.74) is 1.87. The first kappa shape index (κ1) is 18.3. The van der Waals surface area contributed by atoms with Crippen LogP contribution in [-0.2, 0) is 11.3 Å². The van der Waals surface area contributed by atoms with E-state index in [1.165, 1.54) is 0 Å². The predicted octanol–water partition coefficient (Wildman–Crippen LogP) is 4.20. The highest BCUT2D eigenvalue weighted by Gasteiger charge is 2.18. The Balaban J connectivity index is 1.91. The molecule has 0 aromatic heterocycles. The normalized spacial score (nSPS) is 12.0. The lowest BCUT2D eigenvalue weighted by Crippen LogP contribution is -2.39. The maximum atomic E-state index is 12.4. The van der Waals surface area contributed by atoms with E-state index in [2.05, 4.69) is 5.32 Å². The largest absolute Gasteiger partial charge is 0.494 e. The summed E-state index contributed by atoms with van der Waals surface area (Å²) in [7, 11) is 1.93. The molecule has 0 spiro atoms. The average Bonchev–Trinajstić information content (AvgIpc) is 2.58. The van der Waals surface area contributed by atoms with Crippen molar-refractivity contribution >= 4 is 23.2 Å². The Kier molecular flexibility index (Phi) is 6.64. The zero-order valence-electron chi connectivity index (χ0n) is 14.3. The fourth-order valence-corrected chi connectivity index (χ4v) is 2.39. The molecular weight excluding hydrogens is 324 g/mol. The summed E-state index contributed by atoms with van der Waals surface area (Å²) < 4.78 is 5.44. The van der Waals surface area contributed by atoms with Crippen LogP contribution >= 0.6 is 11.6 Å². The number of benzene rings is 2. The van der Waals surface area contributed by atoms with E-state index in [0.717, 1.165) is 17.0 Å². The maximum Gasteiger partial charge on any atom is 0.241 e. The third-order valence-corrected chi connectivity index (χ3v) is 4.07. The molecule has 0 aliphatic rings. The Morgan fingerprint density at radius 2 is 1.79 bits per heavy atom. The number of hydrogen-bond donors (Lipinski definition) is 1. The topological polar surface area (TPSA) is 41.6 Å². The lowest BCUT2D eigenvalue weighted by Gasteiger charge is -2.24. The summed E-state index contributed by atoms with van der Waals surface area (Å²) in [5, 5.41) is 3.55. The third-order valence-electron chi connectivity index (χ3n) is 3.82. The molecule has 0 saturated carbocycles. The molecule has 1 atom stereocenters. The van der Waals surface area contributed by atoms with Crippen LogP contribution < -0.4 is 10.1 Å². The molecule has 5 heteroatoms. The van der Waals surface area contributed by atoms with E-state index in [-0.39, 0.29) is 11.9 Å². The molecule has 24 heavy (non-hydrogen) atoms. The Morgan fingerprint density at radius 3 is 2.38 bits per heavy atom. The van der Waals surface area contributed by atoms with E-state index in [4.69, 9.17) is 16.3 Å². The Morgan fingerprint density at radius 1 is 1.17 bits per heavy atom. The number of carbonyl (C=O) groups is 1. The van der Waals surface area contributed by atoms with Crippen molar-refractivity contribution in [3.63, 3.8) is 0 Å². The Bertz CT molecular complexity index is 656. The smallest absolute Gasteiger partial charge is 0.241 e. The second-order valence-corrected chi connectivity index (χ2v) is 6.10. The molecule has 0 fully saturated rings.